The van der Waals surface area contributed by atoms with Crippen LogP contribution in [0.25, 0.3) is 5.69 Å². The fourth-order valence-corrected chi connectivity index (χ4v) is 3.27. The zero-order chi connectivity index (χ0) is 21.0. The molecule has 3 aromatic rings. The molecule has 0 bridgehead atoms. The van der Waals surface area contributed by atoms with Crippen LogP contribution in [0.15, 0.2) is 59.9 Å². The molecule has 0 atom stereocenters. The van der Waals surface area contributed by atoms with Gasteiger partial charge >= 0.3 is 0 Å². The number of carbonyl (C=O) groups excluding carboxylic acids is 2. The van der Waals surface area contributed by atoms with Crippen LogP contribution in [0.4, 0.5) is 10.1 Å². The zero-order valence-corrected chi connectivity index (χ0v) is 17.1. The first-order valence-electron chi connectivity index (χ1n) is 8.99. The van der Waals surface area contributed by atoms with Crippen LogP contribution in [0.2, 0.25) is 0 Å². The monoisotopic (exact) mass is 412 g/mol. The SMILES string of the molecule is CSc1ncc(C(=O)Nc2ccc(C(=O)NC(C)C)cc2)n1-c1ccc(F)cc1. The van der Waals surface area contributed by atoms with E-state index in [0.29, 0.717) is 27.8 Å². The highest BCUT2D eigenvalue weighted by Crippen LogP contribution is 2.23. The van der Waals surface area contributed by atoms with Crippen LogP contribution in [0.1, 0.15) is 34.7 Å². The number of imidazole rings is 1. The molecule has 2 amide bonds. The number of aromatic nitrogens is 2. The molecule has 0 spiro atoms. The van der Waals surface area contributed by atoms with Crippen molar-refractivity contribution in [2.45, 2.75) is 25.0 Å². The molecule has 2 aromatic carbocycles. The maximum atomic E-state index is 13.3. The number of amides is 2. The first-order chi connectivity index (χ1) is 13.9. The van der Waals surface area contributed by atoms with Crippen LogP contribution in [0.5, 0.6) is 0 Å². The number of rotatable bonds is 6. The Morgan fingerprint density at radius 3 is 2.28 bits per heavy atom. The third-order valence-corrected chi connectivity index (χ3v) is 4.71. The average molecular weight is 412 g/mol. The maximum Gasteiger partial charge on any atom is 0.274 e. The molecule has 1 aromatic heterocycles. The van der Waals surface area contributed by atoms with Crippen LogP contribution in [-0.2, 0) is 0 Å². The minimum Gasteiger partial charge on any atom is -0.350 e. The van der Waals surface area contributed by atoms with E-state index in [1.54, 1.807) is 41.0 Å². The molecular formula is C21H21FN4O2S. The number of hydrogen-bond donors (Lipinski definition) is 2. The Hall–Kier alpha value is -3.13. The number of benzene rings is 2. The summed E-state index contributed by atoms with van der Waals surface area (Å²) in [7, 11) is 0. The van der Waals surface area contributed by atoms with E-state index in [2.05, 4.69) is 15.6 Å². The van der Waals surface area contributed by atoms with Gasteiger partial charge in [0.05, 0.1) is 6.20 Å². The van der Waals surface area contributed by atoms with Gasteiger partial charge in [-0.1, -0.05) is 11.8 Å². The summed E-state index contributed by atoms with van der Waals surface area (Å²) in [6, 6.07) is 12.5. The molecule has 29 heavy (non-hydrogen) atoms. The number of nitrogens with one attached hydrogen (secondary N) is 2. The number of thioether (sulfide) groups is 1. The number of anilines is 1. The molecule has 0 saturated heterocycles. The molecule has 2 N–H and O–H groups in total. The van der Waals surface area contributed by atoms with Crippen molar-refractivity contribution in [1.29, 1.82) is 0 Å². The van der Waals surface area contributed by atoms with Crippen molar-refractivity contribution >= 4 is 29.3 Å². The second kappa shape index (κ2) is 8.91. The maximum absolute atomic E-state index is 13.3. The Kier molecular flexibility index (Phi) is 6.33. The van der Waals surface area contributed by atoms with Crippen LogP contribution in [0.3, 0.4) is 0 Å². The molecule has 0 aliphatic rings. The topological polar surface area (TPSA) is 76.0 Å². The molecule has 0 radical (unpaired) electrons. The summed E-state index contributed by atoms with van der Waals surface area (Å²) < 4.78 is 14.9. The van der Waals surface area contributed by atoms with Gasteiger partial charge in [0.25, 0.3) is 11.8 Å². The van der Waals surface area contributed by atoms with Gasteiger partial charge in [0.2, 0.25) is 0 Å². The lowest BCUT2D eigenvalue weighted by atomic mass is 10.2. The van der Waals surface area contributed by atoms with Crippen molar-refractivity contribution < 1.29 is 14.0 Å². The predicted molar refractivity (Wildman–Crippen MR) is 112 cm³/mol. The van der Waals surface area contributed by atoms with Crippen molar-refractivity contribution in [1.82, 2.24) is 14.9 Å². The molecule has 0 aliphatic carbocycles. The van der Waals surface area contributed by atoms with E-state index in [1.165, 1.54) is 30.1 Å². The Balaban J connectivity index is 1.82. The Morgan fingerprint density at radius 2 is 1.69 bits per heavy atom. The summed E-state index contributed by atoms with van der Waals surface area (Å²) in [5.41, 5.74) is 2.02. The van der Waals surface area contributed by atoms with Crippen LogP contribution in [-0.4, -0.2) is 33.7 Å². The molecule has 6 nitrogen and oxygen atoms in total. The fourth-order valence-electron chi connectivity index (χ4n) is 2.72. The third kappa shape index (κ3) is 4.83. The Bertz CT molecular complexity index is 1010. The lowest BCUT2D eigenvalue weighted by Crippen LogP contribution is -2.30. The van der Waals surface area contributed by atoms with E-state index >= 15 is 0 Å². The Labute approximate surface area is 172 Å². The summed E-state index contributed by atoms with van der Waals surface area (Å²) in [4.78, 5) is 29.1. The van der Waals surface area contributed by atoms with Gasteiger partial charge < -0.3 is 10.6 Å². The summed E-state index contributed by atoms with van der Waals surface area (Å²) in [5.74, 6) is -0.884. The molecular weight excluding hydrogens is 391 g/mol. The van der Waals surface area contributed by atoms with Crippen LogP contribution < -0.4 is 10.6 Å². The zero-order valence-electron chi connectivity index (χ0n) is 16.3. The standard InChI is InChI=1S/C21H21FN4O2S/c1-13(2)24-19(27)14-4-8-16(9-5-14)25-20(28)18-12-23-21(29-3)26(18)17-10-6-15(22)7-11-17/h4-13H,1-3H3,(H,24,27)(H,25,28). The van der Waals surface area contributed by atoms with Gasteiger partial charge in [0, 0.05) is 23.0 Å². The van der Waals surface area contributed by atoms with Crippen molar-refractivity contribution in [3.05, 3.63) is 71.8 Å². The van der Waals surface area contributed by atoms with Gasteiger partial charge in [0.1, 0.15) is 11.5 Å². The normalized spacial score (nSPS) is 10.8. The van der Waals surface area contributed by atoms with E-state index in [4.69, 9.17) is 0 Å². The van der Waals surface area contributed by atoms with Crippen molar-refractivity contribution in [3.8, 4) is 5.69 Å². The van der Waals surface area contributed by atoms with Gasteiger partial charge in [-0.05, 0) is 68.6 Å². The largest absolute Gasteiger partial charge is 0.350 e. The lowest BCUT2D eigenvalue weighted by molar-refractivity contribution is 0.0942. The first kappa shape index (κ1) is 20.6. The molecule has 1 heterocycles. The van der Waals surface area contributed by atoms with Gasteiger partial charge in [-0.3, -0.25) is 14.2 Å². The molecule has 0 aliphatic heterocycles. The minimum absolute atomic E-state index is 0.0410. The molecule has 0 saturated carbocycles. The highest BCUT2D eigenvalue weighted by atomic mass is 32.2. The van der Waals surface area contributed by atoms with Crippen molar-refractivity contribution in [2.24, 2.45) is 0 Å². The van der Waals surface area contributed by atoms with Crippen LogP contribution in [0, 0.1) is 5.82 Å². The van der Waals surface area contributed by atoms with Gasteiger partial charge in [-0.15, -0.1) is 0 Å². The summed E-state index contributed by atoms with van der Waals surface area (Å²) in [5, 5.41) is 6.24. The van der Waals surface area contributed by atoms with Gasteiger partial charge in [-0.25, -0.2) is 9.37 Å². The number of halogens is 1. The second-order valence-corrected chi connectivity index (χ2v) is 7.37. The van der Waals surface area contributed by atoms with E-state index in [0.717, 1.165) is 0 Å². The van der Waals surface area contributed by atoms with Crippen molar-refractivity contribution in [2.75, 3.05) is 11.6 Å². The average Bonchev–Trinajstić information content (AvgIpc) is 3.13. The highest BCUT2D eigenvalue weighted by Gasteiger charge is 2.18. The third-order valence-electron chi connectivity index (χ3n) is 4.05. The summed E-state index contributed by atoms with van der Waals surface area (Å²) >= 11 is 1.38. The lowest BCUT2D eigenvalue weighted by Gasteiger charge is -2.12. The summed E-state index contributed by atoms with van der Waals surface area (Å²) in [6.07, 6.45) is 3.33. The first-order valence-corrected chi connectivity index (χ1v) is 10.2. The van der Waals surface area contributed by atoms with E-state index < -0.39 is 0 Å². The number of nitrogens with zero attached hydrogens (tertiary/aromatic N) is 2. The second-order valence-electron chi connectivity index (χ2n) is 6.60. The van der Waals surface area contributed by atoms with Crippen molar-refractivity contribution in [3.63, 3.8) is 0 Å². The smallest absolute Gasteiger partial charge is 0.274 e. The van der Waals surface area contributed by atoms with Gasteiger partial charge in [-0.2, -0.15) is 0 Å². The number of hydrogen-bond acceptors (Lipinski definition) is 4. The molecule has 0 fully saturated rings. The van der Waals surface area contributed by atoms with Gasteiger partial charge in [0.15, 0.2) is 5.16 Å². The molecule has 0 unspecified atom stereocenters. The fraction of sp³-hybridized carbons (Fsp3) is 0.190. The molecule has 8 heteroatoms. The van der Waals surface area contributed by atoms with Crippen LogP contribution >= 0.6 is 11.8 Å². The number of carbonyl (C=O) groups is 2. The quantitative estimate of drug-likeness (QED) is 0.597. The van der Waals surface area contributed by atoms with E-state index in [1.807, 2.05) is 20.1 Å². The molecule has 3 rings (SSSR count). The Morgan fingerprint density at radius 1 is 1.03 bits per heavy atom. The summed E-state index contributed by atoms with van der Waals surface area (Å²) in [6.45, 7) is 3.78. The minimum atomic E-state index is -0.360. The highest BCUT2D eigenvalue weighted by molar-refractivity contribution is 7.98. The predicted octanol–water partition coefficient (Wildman–Crippen LogP) is 4.12. The van der Waals surface area contributed by atoms with E-state index in [-0.39, 0.29) is 23.7 Å². The molecule has 150 valence electrons. The van der Waals surface area contributed by atoms with E-state index in [9.17, 15) is 14.0 Å².